The lowest BCUT2D eigenvalue weighted by molar-refractivity contribution is -0.147. The van der Waals surface area contributed by atoms with E-state index in [4.69, 9.17) is 5.73 Å². The van der Waals surface area contributed by atoms with E-state index in [2.05, 4.69) is 10.3 Å². The molecule has 33 heavy (non-hydrogen) atoms. The summed E-state index contributed by atoms with van der Waals surface area (Å²) in [6, 6.07) is 2.99. The molecule has 1 amide bonds. The Hall–Kier alpha value is -3.99. The van der Waals surface area contributed by atoms with E-state index in [0.29, 0.717) is 16.8 Å². The third kappa shape index (κ3) is 2.68. The molecule has 0 radical (unpaired) electrons. The number of primary amides is 1. The summed E-state index contributed by atoms with van der Waals surface area (Å²) in [6.07, 6.45) is 1.58. The monoisotopic (exact) mass is 452 g/mol. The zero-order valence-electron chi connectivity index (χ0n) is 17.4. The van der Waals surface area contributed by atoms with E-state index in [9.17, 15) is 34.8 Å². The van der Waals surface area contributed by atoms with E-state index in [1.807, 2.05) is 0 Å². The van der Waals surface area contributed by atoms with Crippen LogP contribution in [0, 0.1) is 11.8 Å². The molecule has 1 fully saturated rings. The predicted octanol–water partition coefficient (Wildman–Crippen LogP) is 0.219. The lowest BCUT2D eigenvalue weighted by Gasteiger charge is -2.46. The highest BCUT2D eigenvalue weighted by atomic mass is 16.3. The van der Waals surface area contributed by atoms with Gasteiger partial charge in [-0.05, 0) is 36.5 Å². The number of aromatic hydroxyl groups is 1. The number of carbonyl (C=O) groups is 3. The van der Waals surface area contributed by atoms with Crippen molar-refractivity contribution >= 4 is 23.2 Å². The summed E-state index contributed by atoms with van der Waals surface area (Å²) in [7, 11) is 1.69. The lowest BCUT2D eigenvalue weighted by atomic mass is 9.59. The van der Waals surface area contributed by atoms with E-state index < -0.39 is 52.0 Å². The van der Waals surface area contributed by atoms with Crippen LogP contribution in [0.5, 0.6) is 5.75 Å². The molecule has 11 heteroatoms. The van der Waals surface area contributed by atoms with Gasteiger partial charge in [-0.25, -0.2) is 0 Å². The van der Waals surface area contributed by atoms with Gasteiger partial charge < -0.3 is 26.2 Å². The number of aromatic nitrogens is 3. The van der Waals surface area contributed by atoms with Gasteiger partial charge in [-0.3, -0.25) is 19.1 Å². The van der Waals surface area contributed by atoms with Crippen molar-refractivity contribution in [2.24, 2.45) is 24.6 Å². The lowest BCUT2D eigenvalue weighted by Crippen LogP contribution is -2.58. The van der Waals surface area contributed by atoms with Gasteiger partial charge in [0.25, 0.3) is 5.91 Å². The minimum absolute atomic E-state index is 0.0188. The average Bonchev–Trinajstić information content (AvgIpc) is 3.16. The first-order valence-electron chi connectivity index (χ1n) is 10.2. The number of Topliss-reactive ketones (excluding diaryl/α,β-unsaturated/α-hetero) is 2. The smallest absolute Gasteiger partial charge is 0.255 e. The Balaban J connectivity index is 1.71. The second-order valence-corrected chi connectivity index (χ2v) is 8.67. The molecule has 6 N–H and O–H groups in total. The summed E-state index contributed by atoms with van der Waals surface area (Å²) in [5, 5.41) is 51.4. The van der Waals surface area contributed by atoms with Crippen molar-refractivity contribution in [3.05, 3.63) is 46.4 Å². The fourth-order valence-electron chi connectivity index (χ4n) is 5.33. The Labute approximate surface area is 186 Å². The molecular formula is C22H20N4O7. The molecule has 11 nitrogen and oxygen atoms in total. The van der Waals surface area contributed by atoms with Gasteiger partial charge >= 0.3 is 0 Å². The van der Waals surface area contributed by atoms with E-state index in [1.54, 1.807) is 19.3 Å². The zero-order valence-corrected chi connectivity index (χ0v) is 17.4. The highest BCUT2D eigenvalue weighted by Gasteiger charge is 2.60. The van der Waals surface area contributed by atoms with Crippen LogP contribution in [0.3, 0.4) is 0 Å². The van der Waals surface area contributed by atoms with Crippen LogP contribution in [0.4, 0.5) is 0 Å². The van der Waals surface area contributed by atoms with E-state index in [-0.39, 0.29) is 36.1 Å². The van der Waals surface area contributed by atoms with Crippen molar-refractivity contribution < 1.29 is 34.8 Å². The minimum atomic E-state index is -2.58. The number of benzene rings is 1. The molecule has 0 saturated heterocycles. The van der Waals surface area contributed by atoms with Crippen LogP contribution in [0.1, 0.15) is 24.0 Å². The fourth-order valence-corrected chi connectivity index (χ4v) is 5.33. The van der Waals surface area contributed by atoms with Gasteiger partial charge in [0, 0.05) is 30.5 Å². The maximum atomic E-state index is 13.5. The number of phenols is 1. The fraction of sp³-hybridized carbons (Fsp3) is 0.318. The minimum Gasteiger partial charge on any atom is -0.508 e. The second kappa shape index (κ2) is 6.75. The summed E-state index contributed by atoms with van der Waals surface area (Å²) in [5.74, 6) is -6.57. The number of hydrogen-bond donors (Lipinski definition) is 5. The van der Waals surface area contributed by atoms with Gasteiger partial charge in [0.2, 0.25) is 5.78 Å². The third-order valence-electron chi connectivity index (χ3n) is 6.83. The Kier molecular flexibility index (Phi) is 4.27. The molecular weight excluding hydrogens is 432 g/mol. The zero-order chi connectivity index (χ0) is 23.8. The summed E-state index contributed by atoms with van der Waals surface area (Å²) < 4.78 is 1.50. The quantitative estimate of drug-likeness (QED) is 0.397. The largest absolute Gasteiger partial charge is 0.508 e. The SMILES string of the molecule is Cn1cc(-c2ccc(O)c3c2CC2CC4CC(=O)C(C(N)=O)=C(O)C4(O)C(=O)C2=C3O)nn1. The average molecular weight is 452 g/mol. The first kappa shape index (κ1) is 20.9. The second-order valence-electron chi connectivity index (χ2n) is 8.67. The summed E-state index contributed by atoms with van der Waals surface area (Å²) >= 11 is 0. The summed E-state index contributed by atoms with van der Waals surface area (Å²) in [6.45, 7) is 0. The van der Waals surface area contributed by atoms with Gasteiger partial charge in [-0.15, -0.1) is 5.10 Å². The van der Waals surface area contributed by atoms with Crippen LogP contribution in [-0.4, -0.2) is 58.5 Å². The molecule has 3 aliphatic rings. The molecule has 3 aliphatic carbocycles. The summed E-state index contributed by atoms with van der Waals surface area (Å²) in [5.41, 5.74) is 3.28. The van der Waals surface area contributed by atoms with Crippen LogP contribution in [0.25, 0.3) is 17.0 Å². The van der Waals surface area contributed by atoms with Gasteiger partial charge in [-0.2, -0.15) is 0 Å². The first-order chi connectivity index (χ1) is 15.6. The molecule has 1 aromatic carbocycles. The molecule has 1 aromatic heterocycles. The molecule has 5 rings (SSSR count). The van der Waals surface area contributed by atoms with Crippen LogP contribution in [-0.2, 0) is 27.9 Å². The Morgan fingerprint density at radius 3 is 2.58 bits per heavy atom. The van der Waals surface area contributed by atoms with Crippen LogP contribution >= 0.6 is 0 Å². The molecule has 3 unspecified atom stereocenters. The normalized spacial score (nSPS) is 26.7. The standard InChI is InChI=1S/C22H20N4O7/c1-26-7-12(24-25-26)10-2-3-13(27)16-11(10)5-8-4-9-6-14(28)17(21(23)32)20(31)22(9,33)19(30)15(8)18(16)29/h2-3,7-9,27,29,31,33H,4-6H2,1H3,(H2,23,32). The molecule has 0 aliphatic heterocycles. The summed E-state index contributed by atoms with van der Waals surface area (Å²) in [4.78, 5) is 37.5. The Morgan fingerprint density at radius 1 is 1.21 bits per heavy atom. The van der Waals surface area contributed by atoms with Gasteiger partial charge in [0.15, 0.2) is 11.4 Å². The highest BCUT2D eigenvalue weighted by molar-refractivity contribution is 6.22. The van der Waals surface area contributed by atoms with Crippen molar-refractivity contribution in [2.45, 2.75) is 24.9 Å². The van der Waals surface area contributed by atoms with E-state index in [1.165, 1.54) is 10.7 Å². The van der Waals surface area contributed by atoms with Crippen molar-refractivity contribution in [1.29, 1.82) is 0 Å². The number of nitrogens with two attached hydrogens (primary N) is 1. The number of aliphatic hydroxyl groups is 3. The topological polar surface area (TPSA) is 189 Å². The number of nitrogens with zero attached hydrogens (tertiary/aromatic N) is 3. The van der Waals surface area contributed by atoms with Crippen LogP contribution in [0.2, 0.25) is 0 Å². The van der Waals surface area contributed by atoms with Crippen LogP contribution in [0.15, 0.2) is 35.2 Å². The van der Waals surface area contributed by atoms with Crippen molar-refractivity contribution in [3.63, 3.8) is 0 Å². The van der Waals surface area contributed by atoms with Gasteiger partial charge in [0.1, 0.15) is 28.5 Å². The Morgan fingerprint density at radius 2 is 1.94 bits per heavy atom. The van der Waals surface area contributed by atoms with Gasteiger partial charge in [0.05, 0.1) is 11.8 Å². The van der Waals surface area contributed by atoms with Gasteiger partial charge in [-0.1, -0.05) is 5.21 Å². The molecule has 2 aromatic rings. The number of fused-ring (bicyclic) bond motifs is 3. The molecule has 3 atom stereocenters. The number of rotatable bonds is 2. The van der Waals surface area contributed by atoms with E-state index >= 15 is 0 Å². The maximum absolute atomic E-state index is 13.5. The number of aliphatic hydroxyl groups excluding tert-OH is 2. The predicted molar refractivity (Wildman–Crippen MR) is 111 cm³/mol. The van der Waals surface area contributed by atoms with Crippen LogP contribution < -0.4 is 5.73 Å². The number of phenolic OH excluding ortho intramolecular Hbond substituents is 1. The molecule has 1 saturated carbocycles. The maximum Gasteiger partial charge on any atom is 0.255 e. The van der Waals surface area contributed by atoms with E-state index in [0.717, 1.165) is 0 Å². The number of amides is 1. The number of hydrogen-bond acceptors (Lipinski definition) is 9. The van der Waals surface area contributed by atoms with Crippen molar-refractivity contribution in [3.8, 4) is 17.0 Å². The number of ketones is 2. The number of carbonyl (C=O) groups excluding carboxylic acids is 3. The molecule has 0 spiro atoms. The molecule has 1 heterocycles. The first-order valence-corrected chi connectivity index (χ1v) is 10.2. The van der Waals surface area contributed by atoms with Crippen molar-refractivity contribution in [2.75, 3.05) is 0 Å². The highest BCUT2D eigenvalue weighted by Crippen LogP contribution is 2.52. The molecule has 0 bridgehead atoms. The third-order valence-corrected chi connectivity index (χ3v) is 6.83. The number of aryl methyl sites for hydroxylation is 1. The molecule has 170 valence electrons. The van der Waals surface area contributed by atoms with Crippen molar-refractivity contribution in [1.82, 2.24) is 15.0 Å². The Bertz CT molecular complexity index is 1340.